The summed E-state index contributed by atoms with van der Waals surface area (Å²) in [5, 5.41) is 10.3. The number of benzene rings is 1. The van der Waals surface area contributed by atoms with Crippen molar-refractivity contribution in [2.45, 2.75) is 44.4 Å². The number of piperidine rings is 1. The van der Waals surface area contributed by atoms with Crippen molar-refractivity contribution in [2.75, 3.05) is 20.2 Å². The van der Waals surface area contributed by atoms with Crippen molar-refractivity contribution in [1.82, 2.24) is 4.90 Å². The Balaban J connectivity index is 1.95. The average molecular weight is 263 g/mol. The molecule has 1 fully saturated rings. The third kappa shape index (κ3) is 3.16. The van der Waals surface area contributed by atoms with E-state index >= 15 is 0 Å². The molecule has 1 aliphatic heterocycles. The van der Waals surface area contributed by atoms with E-state index in [0.717, 1.165) is 32.5 Å². The molecule has 0 aliphatic carbocycles. The minimum Gasteiger partial charge on any atom is -0.387 e. The van der Waals surface area contributed by atoms with Crippen LogP contribution in [-0.2, 0) is 11.3 Å². The lowest BCUT2D eigenvalue weighted by Crippen LogP contribution is -2.57. The molecule has 106 valence electrons. The predicted molar refractivity (Wildman–Crippen MR) is 77.0 cm³/mol. The molecule has 2 rings (SSSR count). The number of ether oxygens (including phenoxy) is 1. The summed E-state index contributed by atoms with van der Waals surface area (Å²) in [4.78, 5) is 2.43. The first-order chi connectivity index (χ1) is 8.97. The smallest absolute Gasteiger partial charge is 0.0983 e. The molecule has 0 bridgehead atoms. The first kappa shape index (κ1) is 14.5. The van der Waals surface area contributed by atoms with Gasteiger partial charge >= 0.3 is 0 Å². The van der Waals surface area contributed by atoms with Crippen LogP contribution in [0, 0.1) is 0 Å². The number of hydrogen-bond donors (Lipinski definition) is 1. The number of nitrogens with zero attached hydrogens (tertiary/aromatic N) is 1. The van der Waals surface area contributed by atoms with Gasteiger partial charge in [-0.3, -0.25) is 4.90 Å². The molecule has 19 heavy (non-hydrogen) atoms. The molecule has 1 aromatic carbocycles. The van der Waals surface area contributed by atoms with Crippen molar-refractivity contribution in [2.24, 2.45) is 0 Å². The third-order valence-electron chi connectivity index (χ3n) is 4.42. The van der Waals surface area contributed by atoms with E-state index in [2.05, 4.69) is 29.2 Å². The first-order valence-electron chi connectivity index (χ1n) is 7.01. The highest BCUT2D eigenvalue weighted by Crippen LogP contribution is 2.36. The van der Waals surface area contributed by atoms with E-state index in [4.69, 9.17) is 4.74 Å². The maximum Gasteiger partial charge on any atom is 0.0983 e. The van der Waals surface area contributed by atoms with Crippen LogP contribution in [0.3, 0.4) is 0 Å². The predicted octanol–water partition coefficient (Wildman–Crippen LogP) is 2.44. The van der Waals surface area contributed by atoms with Gasteiger partial charge in [0, 0.05) is 26.7 Å². The standard InChI is InChI=1S/C16H25NO2/c1-15(2,18)16(19-3)9-11-17(12-10-16)13-14-7-5-4-6-8-14/h4-8,18H,9-13H2,1-3H3. The monoisotopic (exact) mass is 263 g/mol. The molecular formula is C16H25NO2. The Morgan fingerprint density at radius 2 is 1.79 bits per heavy atom. The molecule has 1 N–H and O–H groups in total. The highest BCUT2D eigenvalue weighted by molar-refractivity contribution is 5.14. The molecule has 0 saturated carbocycles. The zero-order chi connectivity index (χ0) is 13.9. The van der Waals surface area contributed by atoms with Crippen molar-refractivity contribution >= 4 is 0 Å². The van der Waals surface area contributed by atoms with Crippen LogP contribution in [0.2, 0.25) is 0 Å². The minimum absolute atomic E-state index is 0.403. The Labute approximate surface area is 116 Å². The third-order valence-corrected chi connectivity index (χ3v) is 4.42. The Hall–Kier alpha value is -0.900. The van der Waals surface area contributed by atoms with Gasteiger partial charge < -0.3 is 9.84 Å². The van der Waals surface area contributed by atoms with E-state index in [1.54, 1.807) is 7.11 Å². The van der Waals surface area contributed by atoms with Crippen molar-refractivity contribution in [3.63, 3.8) is 0 Å². The second kappa shape index (κ2) is 5.61. The van der Waals surface area contributed by atoms with Crippen molar-refractivity contribution in [1.29, 1.82) is 0 Å². The van der Waals surface area contributed by atoms with Crippen LogP contribution in [0.1, 0.15) is 32.3 Å². The van der Waals surface area contributed by atoms with Gasteiger partial charge in [0.05, 0.1) is 11.2 Å². The molecular weight excluding hydrogens is 238 g/mol. The Kier molecular flexibility index (Phi) is 4.29. The van der Waals surface area contributed by atoms with E-state index < -0.39 is 11.2 Å². The van der Waals surface area contributed by atoms with Crippen LogP contribution in [0.15, 0.2) is 30.3 Å². The highest BCUT2D eigenvalue weighted by Gasteiger charge is 2.46. The molecule has 0 unspecified atom stereocenters. The van der Waals surface area contributed by atoms with E-state index in [-0.39, 0.29) is 0 Å². The Morgan fingerprint density at radius 1 is 1.21 bits per heavy atom. The normalized spacial score (nSPS) is 20.4. The summed E-state index contributed by atoms with van der Waals surface area (Å²) in [6.07, 6.45) is 1.75. The van der Waals surface area contributed by atoms with E-state index in [9.17, 15) is 5.11 Å². The maximum atomic E-state index is 10.3. The number of likely N-dealkylation sites (tertiary alicyclic amines) is 1. The molecule has 0 spiro atoms. The molecule has 0 amide bonds. The van der Waals surface area contributed by atoms with E-state index in [1.807, 2.05) is 19.9 Å². The van der Waals surface area contributed by atoms with E-state index in [0.29, 0.717) is 0 Å². The van der Waals surface area contributed by atoms with Gasteiger partial charge in [0.2, 0.25) is 0 Å². The van der Waals surface area contributed by atoms with Crippen LogP contribution in [0.4, 0.5) is 0 Å². The zero-order valence-corrected chi connectivity index (χ0v) is 12.2. The van der Waals surface area contributed by atoms with Gasteiger partial charge in [0.1, 0.15) is 0 Å². The lowest BCUT2D eigenvalue weighted by Gasteiger charge is -2.47. The molecule has 1 heterocycles. The second-order valence-electron chi connectivity index (χ2n) is 6.02. The van der Waals surface area contributed by atoms with Gasteiger partial charge in [-0.1, -0.05) is 30.3 Å². The Bertz CT molecular complexity index is 389. The molecule has 1 aliphatic rings. The quantitative estimate of drug-likeness (QED) is 0.905. The second-order valence-corrected chi connectivity index (χ2v) is 6.02. The van der Waals surface area contributed by atoms with Gasteiger partial charge in [-0.15, -0.1) is 0 Å². The molecule has 0 atom stereocenters. The summed E-state index contributed by atoms with van der Waals surface area (Å²) in [6.45, 7) is 6.61. The van der Waals surface area contributed by atoms with Crippen LogP contribution in [-0.4, -0.2) is 41.4 Å². The van der Waals surface area contributed by atoms with Crippen molar-refractivity contribution in [3.8, 4) is 0 Å². The van der Waals surface area contributed by atoms with Crippen LogP contribution >= 0.6 is 0 Å². The number of rotatable bonds is 4. The SMILES string of the molecule is COC1(C(C)(C)O)CCN(Cc2ccccc2)CC1. The first-order valence-corrected chi connectivity index (χ1v) is 7.01. The zero-order valence-electron chi connectivity index (χ0n) is 12.2. The van der Waals surface area contributed by atoms with Gasteiger partial charge in [-0.2, -0.15) is 0 Å². The van der Waals surface area contributed by atoms with Crippen LogP contribution in [0.25, 0.3) is 0 Å². The molecule has 3 nitrogen and oxygen atoms in total. The molecule has 0 radical (unpaired) electrons. The van der Waals surface area contributed by atoms with Crippen LogP contribution in [0.5, 0.6) is 0 Å². The highest BCUT2D eigenvalue weighted by atomic mass is 16.5. The van der Waals surface area contributed by atoms with Crippen molar-refractivity contribution < 1.29 is 9.84 Å². The largest absolute Gasteiger partial charge is 0.387 e. The fourth-order valence-corrected chi connectivity index (χ4v) is 2.98. The van der Waals surface area contributed by atoms with Gasteiger partial charge in [-0.25, -0.2) is 0 Å². The van der Waals surface area contributed by atoms with Gasteiger partial charge in [0.15, 0.2) is 0 Å². The number of hydrogen-bond acceptors (Lipinski definition) is 3. The van der Waals surface area contributed by atoms with Gasteiger partial charge in [-0.05, 0) is 32.3 Å². The fraction of sp³-hybridized carbons (Fsp3) is 0.625. The van der Waals surface area contributed by atoms with Crippen LogP contribution < -0.4 is 0 Å². The summed E-state index contributed by atoms with van der Waals surface area (Å²) in [5.41, 5.74) is 0.150. The van der Waals surface area contributed by atoms with E-state index in [1.165, 1.54) is 5.56 Å². The Morgan fingerprint density at radius 3 is 2.26 bits per heavy atom. The lowest BCUT2D eigenvalue weighted by atomic mass is 9.78. The lowest BCUT2D eigenvalue weighted by molar-refractivity contribution is -0.176. The maximum absolute atomic E-state index is 10.3. The average Bonchev–Trinajstić information content (AvgIpc) is 2.39. The summed E-state index contributed by atoms with van der Waals surface area (Å²) in [5.74, 6) is 0. The molecule has 3 heteroatoms. The minimum atomic E-state index is -0.791. The molecule has 1 saturated heterocycles. The van der Waals surface area contributed by atoms with Crippen molar-refractivity contribution in [3.05, 3.63) is 35.9 Å². The summed E-state index contributed by atoms with van der Waals surface area (Å²) >= 11 is 0. The fourth-order valence-electron chi connectivity index (χ4n) is 2.98. The number of methoxy groups -OCH3 is 1. The number of aliphatic hydroxyl groups is 1. The summed E-state index contributed by atoms with van der Waals surface area (Å²) in [7, 11) is 1.71. The van der Waals surface area contributed by atoms with Gasteiger partial charge in [0.25, 0.3) is 0 Å². The topological polar surface area (TPSA) is 32.7 Å². The summed E-state index contributed by atoms with van der Waals surface area (Å²) < 4.78 is 5.67. The summed E-state index contributed by atoms with van der Waals surface area (Å²) in [6, 6.07) is 10.5. The molecule has 0 aromatic heterocycles. The molecule has 1 aromatic rings.